The average molecular weight is 586 g/mol. The fourth-order valence-electron chi connectivity index (χ4n) is 6.08. The van der Waals surface area contributed by atoms with E-state index >= 15 is 0 Å². The van der Waals surface area contributed by atoms with E-state index in [0.717, 1.165) is 71.9 Å². The van der Waals surface area contributed by atoms with Crippen molar-refractivity contribution < 1.29 is 0 Å². The van der Waals surface area contributed by atoms with Gasteiger partial charge in [-0.2, -0.15) is 0 Å². The molecule has 0 spiro atoms. The van der Waals surface area contributed by atoms with Crippen molar-refractivity contribution in [2.45, 2.75) is 13.8 Å². The molecule has 0 saturated carbocycles. The molecule has 0 bridgehead atoms. The zero-order valence-corrected chi connectivity index (χ0v) is 25.5. The lowest BCUT2D eigenvalue weighted by Crippen LogP contribution is -2.34. The number of amidine groups is 1. The smallest absolute Gasteiger partial charge is 0.140 e. The van der Waals surface area contributed by atoms with Crippen LogP contribution in [0.25, 0.3) is 39.9 Å². The Hall–Kier alpha value is -5.94. The first-order chi connectivity index (χ1) is 22.0. The molecule has 6 rings (SSSR count). The van der Waals surface area contributed by atoms with Gasteiger partial charge in [-0.15, -0.1) is 0 Å². The van der Waals surface area contributed by atoms with Gasteiger partial charge in [-0.25, -0.2) is 0 Å². The molecule has 220 valence electrons. The highest BCUT2D eigenvalue weighted by molar-refractivity contribution is 6.36. The third-order valence-electron chi connectivity index (χ3n) is 8.10. The van der Waals surface area contributed by atoms with Gasteiger partial charge in [-0.1, -0.05) is 79.4 Å². The number of nitrogens with two attached hydrogens (primary N) is 1. The predicted molar refractivity (Wildman–Crippen MR) is 193 cm³/mol. The summed E-state index contributed by atoms with van der Waals surface area (Å²) >= 11 is 0. The first kappa shape index (κ1) is 29.1. The standard InChI is InChI=1S/C40H35N5/c1-5-14-29(26-43-4)31-23-30(27(2)15-13-22-41)24-33(25-31)45-37-21-12-10-19-35(37)38(40(45)42)39-28(3)34-18-9-11-20-36(34)44(39)32-16-7-6-8-17-32/h5-26,42H,3-4,41H2,1-2H3/b14-5-,22-13-,27-15+,29-26+,39-38+,42-40?. The van der Waals surface area contributed by atoms with E-state index in [-0.39, 0.29) is 0 Å². The van der Waals surface area contributed by atoms with Gasteiger partial charge in [0.1, 0.15) is 5.84 Å². The highest BCUT2D eigenvalue weighted by atomic mass is 15.2. The number of anilines is 2. The molecule has 1 aliphatic rings. The van der Waals surface area contributed by atoms with E-state index in [1.54, 1.807) is 6.20 Å². The Balaban J connectivity index is 1.69. The van der Waals surface area contributed by atoms with Crippen LogP contribution in [0.4, 0.5) is 11.4 Å². The maximum absolute atomic E-state index is 9.83. The van der Waals surface area contributed by atoms with Crippen LogP contribution in [0.3, 0.4) is 0 Å². The molecule has 0 amide bonds. The van der Waals surface area contributed by atoms with Crippen molar-refractivity contribution in [3.8, 4) is 5.69 Å². The van der Waals surface area contributed by atoms with E-state index in [1.165, 1.54) is 6.20 Å². The van der Waals surface area contributed by atoms with Gasteiger partial charge < -0.3 is 10.3 Å². The fourth-order valence-corrected chi connectivity index (χ4v) is 6.08. The van der Waals surface area contributed by atoms with Gasteiger partial charge in [-0.05, 0) is 97.6 Å². The van der Waals surface area contributed by atoms with Gasteiger partial charge in [0.05, 0.1) is 22.1 Å². The molecule has 5 aromatic rings. The van der Waals surface area contributed by atoms with Crippen LogP contribution in [-0.2, 0) is 0 Å². The second kappa shape index (κ2) is 12.3. The van der Waals surface area contributed by atoms with Gasteiger partial charge >= 0.3 is 0 Å². The van der Waals surface area contributed by atoms with Crippen molar-refractivity contribution in [3.05, 3.63) is 161 Å². The molecular weight excluding hydrogens is 550 g/mol. The molecule has 0 radical (unpaired) electrons. The van der Waals surface area contributed by atoms with Crippen molar-refractivity contribution in [2.75, 3.05) is 4.90 Å². The number of para-hydroxylation sites is 3. The number of allylic oxidation sites excluding steroid dienone is 6. The molecule has 0 saturated heterocycles. The van der Waals surface area contributed by atoms with Crippen molar-refractivity contribution in [2.24, 2.45) is 10.7 Å². The lowest BCUT2D eigenvalue weighted by molar-refractivity contribution is 1.07. The highest BCUT2D eigenvalue weighted by Gasteiger charge is 2.33. The van der Waals surface area contributed by atoms with Crippen LogP contribution in [0.1, 0.15) is 30.5 Å². The van der Waals surface area contributed by atoms with Crippen LogP contribution in [0.5, 0.6) is 0 Å². The maximum atomic E-state index is 9.83. The number of aliphatic imine (C=N–C) groups is 1. The topological polar surface area (TPSA) is 70.4 Å². The van der Waals surface area contributed by atoms with Crippen molar-refractivity contribution >= 4 is 58.1 Å². The lowest BCUT2D eigenvalue weighted by atomic mass is 9.98. The molecule has 2 heterocycles. The molecule has 1 aliphatic heterocycles. The second-order valence-electron chi connectivity index (χ2n) is 10.9. The Bertz CT molecular complexity index is 2190. The molecule has 5 heteroatoms. The molecule has 1 aromatic heterocycles. The SMILES string of the molecule is C=N/C=C(\C=C/C)c1cc(/C(C)=C/C=C\N)cc(N2C(=N)/C(=c3\c(=C)c4ccccc4n3-c3ccccc3)c3ccccc32)c1. The normalized spacial score (nSPS) is 15.1. The molecule has 0 fully saturated rings. The zero-order chi connectivity index (χ0) is 31.5. The zero-order valence-electron chi connectivity index (χ0n) is 25.5. The largest absolute Gasteiger partial charge is 0.405 e. The number of nitrogens with zero attached hydrogens (tertiary/aromatic N) is 3. The van der Waals surface area contributed by atoms with E-state index in [4.69, 9.17) is 5.73 Å². The minimum absolute atomic E-state index is 0.381. The molecule has 5 nitrogen and oxygen atoms in total. The van der Waals surface area contributed by atoms with E-state index in [9.17, 15) is 5.41 Å². The second-order valence-corrected chi connectivity index (χ2v) is 10.9. The molecule has 45 heavy (non-hydrogen) atoms. The van der Waals surface area contributed by atoms with Crippen molar-refractivity contribution in [1.29, 1.82) is 5.41 Å². The van der Waals surface area contributed by atoms with Gasteiger partial charge in [0.25, 0.3) is 0 Å². The Morgan fingerprint density at radius 1 is 0.889 bits per heavy atom. The highest BCUT2D eigenvalue weighted by Crippen LogP contribution is 2.42. The minimum atomic E-state index is 0.381. The van der Waals surface area contributed by atoms with Crippen LogP contribution >= 0.6 is 0 Å². The van der Waals surface area contributed by atoms with E-state index in [2.05, 4.69) is 84.4 Å². The molecule has 0 unspecified atom stereocenters. The molecule has 4 aromatic carbocycles. The average Bonchev–Trinajstić information content (AvgIpc) is 3.53. The number of hydrogen-bond donors (Lipinski definition) is 2. The van der Waals surface area contributed by atoms with Crippen molar-refractivity contribution in [3.63, 3.8) is 0 Å². The number of hydrogen-bond acceptors (Lipinski definition) is 3. The van der Waals surface area contributed by atoms with Gasteiger partial charge in [0, 0.05) is 33.7 Å². The summed E-state index contributed by atoms with van der Waals surface area (Å²) < 4.78 is 2.23. The van der Waals surface area contributed by atoms with E-state index in [1.807, 2.05) is 78.6 Å². The number of rotatable bonds is 7. The van der Waals surface area contributed by atoms with Crippen LogP contribution in [0.2, 0.25) is 0 Å². The summed E-state index contributed by atoms with van der Waals surface area (Å²) in [5.41, 5.74) is 15.3. The Morgan fingerprint density at radius 2 is 1.60 bits per heavy atom. The summed E-state index contributed by atoms with van der Waals surface area (Å²) in [5, 5.41) is 12.7. The Labute approximate surface area is 263 Å². The van der Waals surface area contributed by atoms with Gasteiger partial charge in [-0.3, -0.25) is 15.3 Å². The molecular formula is C40H35N5. The third kappa shape index (κ3) is 5.15. The Morgan fingerprint density at radius 3 is 2.36 bits per heavy atom. The first-order valence-corrected chi connectivity index (χ1v) is 14.8. The summed E-state index contributed by atoms with van der Waals surface area (Å²) in [6.45, 7) is 12.3. The third-order valence-corrected chi connectivity index (χ3v) is 8.10. The summed E-state index contributed by atoms with van der Waals surface area (Å²) in [5.74, 6) is 0.381. The van der Waals surface area contributed by atoms with Gasteiger partial charge in [0.15, 0.2) is 0 Å². The van der Waals surface area contributed by atoms with Crippen LogP contribution in [0, 0.1) is 5.41 Å². The van der Waals surface area contributed by atoms with Crippen LogP contribution in [0.15, 0.2) is 139 Å². The lowest BCUT2D eigenvalue weighted by Gasteiger charge is -2.22. The molecule has 0 aliphatic carbocycles. The summed E-state index contributed by atoms with van der Waals surface area (Å²) in [7, 11) is 0. The number of fused-ring (bicyclic) bond motifs is 2. The predicted octanol–water partition coefficient (Wildman–Crippen LogP) is 7.86. The monoisotopic (exact) mass is 585 g/mol. The van der Waals surface area contributed by atoms with Crippen LogP contribution in [-0.4, -0.2) is 17.1 Å². The summed E-state index contributed by atoms with van der Waals surface area (Å²) in [6, 6.07) is 33.2. The van der Waals surface area contributed by atoms with E-state index < -0.39 is 0 Å². The first-order valence-electron chi connectivity index (χ1n) is 14.8. The summed E-state index contributed by atoms with van der Waals surface area (Å²) in [4.78, 5) is 6.11. The molecule has 0 atom stereocenters. The number of benzene rings is 4. The van der Waals surface area contributed by atoms with E-state index in [0.29, 0.717) is 5.84 Å². The summed E-state index contributed by atoms with van der Waals surface area (Å²) in [6.07, 6.45) is 11.1. The van der Waals surface area contributed by atoms with Gasteiger partial charge in [0.2, 0.25) is 0 Å². The van der Waals surface area contributed by atoms with Crippen LogP contribution < -0.4 is 21.2 Å². The number of aromatic nitrogens is 1. The minimum Gasteiger partial charge on any atom is -0.405 e. The maximum Gasteiger partial charge on any atom is 0.140 e. The number of nitrogens with one attached hydrogen (secondary N) is 1. The fraction of sp³-hybridized carbons (Fsp3) is 0.0500. The van der Waals surface area contributed by atoms with Crippen molar-refractivity contribution in [1.82, 2.24) is 4.57 Å². The quantitative estimate of drug-likeness (QED) is 0.151. The molecule has 3 N–H and O–H groups in total. The Kier molecular flexibility index (Phi) is 8.00.